The number of benzene rings is 1. The van der Waals surface area contributed by atoms with Crippen LogP contribution in [0.4, 0.5) is 5.69 Å². The highest BCUT2D eigenvalue weighted by Gasteiger charge is 2.19. The first-order chi connectivity index (χ1) is 9.22. The Labute approximate surface area is 122 Å². The maximum Gasteiger partial charge on any atom is 0.223 e. The second-order valence-electron chi connectivity index (χ2n) is 3.86. The van der Waals surface area contributed by atoms with Crippen LogP contribution in [0.15, 0.2) is 23.2 Å². The molecule has 0 fully saturated rings. The number of hydrogen-bond acceptors (Lipinski definition) is 5. The van der Waals surface area contributed by atoms with E-state index in [0.717, 1.165) is 0 Å². The van der Waals surface area contributed by atoms with E-state index < -0.39 is 0 Å². The number of hydrogen-bond donors (Lipinski definition) is 1. The summed E-state index contributed by atoms with van der Waals surface area (Å²) in [5, 5.41) is 5.86. The summed E-state index contributed by atoms with van der Waals surface area (Å²) in [5.41, 5.74) is 0.631. The highest BCUT2D eigenvalue weighted by Crippen LogP contribution is 2.30. The first-order valence-corrected chi connectivity index (χ1v) is 6.63. The fourth-order valence-electron chi connectivity index (χ4n) is 1.62. The van der Waals surface area contributed by atoms with Gasteiger partial charge in [0.15, 0.2) is 0 Å². The van der Waals surface area contributed by atoms with Crippen molar-refractivity contribution >= 4 is 34.8 Å². The zero-order chi connectivity index (χ0) is 13.7. The summed E-state index contributed by atoms with van der Waals surface area (Å²) >= 11 is 12.2. The number of aliphatic imine (C=N–C) groups is 1. The van der Waals surface area contributed by atoms with Gasteiger partial charge in [0.2, 0.25) is 5.96 Å². The lowest BCUT2D eigenvalue weighted by atomic mass is 10.3. The van der Waals surface area contributed by atoms with E-state index >= 15 is 0 Å². The van der Waals surface area contributed by atoms with E-state index in [9.17, 15) is 0 Å². The van der Waals surface area contributed by atoms with Crippen molar-refractivity contribution in [1.29, 1.82) is 0 Å². The van der Waals surface area contributed by atoms with E-state index in [1.54, 1.807) is 30.4 Å². The molecule has 19 heavy (non-hydrogen) atoms. The van der Waals surface area contributed by atoms with E-state index in [4.69, 9.17) is 32.8 Å². The molecule has 0 aromatic heterocycles. The molecule has 0 spiro atoms. The second kappa shape index (κ2) is 6.96. The number of halogens is 2. The van der Waals surface area contributed by atoms with Crippen molar-refractivity contribution in [1.82, 2.24) is 5.06 Å². The largest absolute Gasteiger partial charge is 0.382 e. The Kier molecular flexibility index (Phi) is 5.27. The van der Waals surface area contributed by atoms with Crippen LogP contribution in [0.3, 0.4) is 0 Å². The van der Waals surface area contributed by atoms with Gasteiger partial charge in [-0.05, 0) is 12.1 Å². The minimum absolute atomic E-state index is 0.466. The normalized spacial score (nSPS) is 14.7. The van der Waals surface area contributed by atoms with Gasteiger partial charge in [0.25, 0.3) is 0 Å². The number of ether oxygens (including phenoxy) is 1. The van der Waals surface area contributed by atoms with Crippen LogP contribution in [0.2, 0.25) is 10.0 Å². The number of nitrogens with zero attached hydrogens (tertiary/aromatic N) is 2. The molecule has 2 rings (SSSR count). The Bertz CT molecular complexity index is 448. The average molecular weight is 304 g/mol. The molecule has 1 heterocycles. The minimum Gasteiger partial charge on any atom is -0.382 e. The van der Waals surface area contributed by atoms with Gasteiger partial charge in [-0.15, -0.1) is 0 Å². The summed E-state index contributed by atoms with van der Waals surface area (Å²) in [6.07, 6.45) is 0. The Morgan fingerprint density at radius 3 is 2.74 bits per heavy atom. The lowest BCUT2D eigenvalue weighted by Gasteiger charge is -2.21. The molecule has 0 saturated heterocycles. The van der Waals surface area contributed by atoms with Gasteiger partial charge in [0, 0.05) is 7.11 Å². The lowest BCUT2D eigenvalue weighted by Crippen LogP contribution is -2.34. The van der Waals surface area contributed by atoms with Gasteiger partial charge in [-0.25, -0.2) is 10.1 Å². The molecule has 1 aliphatic rings. The summed E-state index contributed by atoms with van der Waals surface area (Å²) in [5.74, 6) is 0.603. The maximum atomic E-state index is 6.10. The van der Waals surface area contributed by atoms with E-state index in [2.05, 4.69) is 10.3 Å². The quantitative estimate of drug-likeness (QED) is 0.850. The van der Waals surface area contributed by atoms with Crippen LogP contribution in [0.1, 0.15) is 0 Å². The maximum absolute atomic E-state index is 6.10. The number of para-hydroxylation sites is 1. The molecule has 5 nitrogen and oxygen atoms in total. The van der Waals surface area contributed by atoms with Crippen molar-refractivity contribution < 1.29 is 9.57 Å². The Hall–Kier alpha value is -1.01. The molecule has 0 amide bonds. The smallest absolute Gasteiger partial charge is 0.223 e. The average Bonchev–Trinajstić information content (AvgIpc) is 2.82. The third kappa shape index (κ3) is 3.73. The Morgan fingerprint density at radius 2 is 2.05 bits per heavy atom. The fourth-order valence-corrected chi connectivity index (χ4v) is 2.11. The van der Waals surface area contributed by atoms with Crippen molar-refractivity contribution in [2.45, 2.75) is 0 Å². The summed E-state index contributed by atoms with van der Waals surface area (Å²) in [6.45, 7) is 2.34. The van der Waals surface area contributed by atoms with Crippen molar-refractivity contribution in [2.75, 3.05) is 38.7 Å². The van der Waals surface area contributed by atoms with Crippen molar-refractivity contribution in [2.24, 2.45) is 4.99 Å². The topological polar surface area (TPSA) is 46.1 Å². The highest BCUT2D eigenvalue weighted by atomic mass is 35.5. The first-order valence-electron chi connectivity index (χ1n) is 5.87. The van der Waals surface area contributed by atoms with Gasteiger partial charge in [0.05, 0.1) is 42.0 Å². The molecular weight excluding hydrogens is 289 g/mol. The van der Waals surface area contributed by atoms with Crippen LogP contribution in [-0.2, 0) is 9.57 Å². The summed E-state index contributed by atoms with van der Waals surface area (Å²) in [4.78, 5) is 9.86. The van der Waals surface area contributed by atoms with Gasteiger partial charge in [-0.1, -0.05) is 29.3 Å². The highest BCUT2D eigenvalue weighted by molar-refractivity contribution is 6.39. The molecule has 0 saturated carbocycles. The molecule has 7 heteroatoms. The number of methoxy groups -OCH3 is 1. The molecular formula is C12H15Cl2N3O2. The van der Waals surface area contributed by atoms with E-state index in [1.807, 2.05) is 0 Å². The SMILES string of the molecule is COCCON1CCN=C1Nc1c(Cl)cccc1Cl. The molecule has 0 radical (unpaired) electrons. The van der Waals surface area contributed by atoms with E-state index in [1.165, 1.54) is 0 Å². The first kappa shape index (κ1) is 14.4. The molecule has 1 aliphatic heterocycles. The summed E-state index contributed by atoms with van der Waals surface area (Å²) < 4.78 is 4.94. The second-order valence-corrected chi connectivity index (χ2v) is 4.67. The predicted molar refractivity (Wildman–Crippen MR) is 76.9 cm³/mol. The zero-order valence-corrected chi connectivity index (χ0v) is 12.0. The number of guanidine groups is 1. The summed E-state index contributed by atoms with van der Waals surface area (Å²) in [6, 6.07) is 5.32. The minimum atomic E-state index is 0.466. The molecule has 0 aliphatic carbocycles. The van der Waals surface area contributed by atoms with Gasteiger partial charge >= 0.3 is 0 Å². The van der Waals surface area contributed by atoms with Crippen LogP contribution >= 0.6 is 23.2 Å². The third-order valence-corrected chi connectivity index (χ3v) is 3.16. The Morgan fingerprint density at radius 1 is 1.32 bits per heavy atom. The number of nitrogens with one attached hydrogen (secondary N) is 1. The van der Waals surface area contributed by atoms with Crippen molar-refractivity contribution in [3.8, 4) is 0 Å². The Balaban J connectivity index is 2.01. The molecule has 0 atom stereocenters. The number of hydroxylamine groups is 2. The number of anilines is 1. The van der Waals surface area contributed by atoms with Crippen LogP contribution in [0.25, 0.3) is 0 Å². The van der Waals surface area contributed by atoms with Gasteiger partial charge < -0.3 is 10.1 Å². The molecule has 0 unspecified atom stereocenters. The third-order valence-electron chi connectivity index (χ3n) is 2.54. The van der Waals surface area contributed by atoms with Gasteiger partial charge in [-0.3, -0.25) is 4.84 Å². The molecule has 1 N–H and O–H groups in total. The van der Waals surface area contributed by atoms with E-state index in [0.29, 0.717) is 48.0 Å². The predicted octanol–water partition coefficient (Wildman–Crippen LogP) is 2.65. The van der Waals surface area contributed by atoms with E-state index in [-0.39, 0.29) is 0 Å². The standard InChI is InChI=1S/C12H15Cl2N3O2/c1-18-7-8-19-17-6-5-15-12(17)16-11-9(13)3-2-4-10(11)14/h2-4H,5-8H2,1H3,(H,15,16). The molecule has 1 aromatic rings. The van der Waals surface area contributed by atoms with Gasteiger partial charge in [0.1, 0.15) is 0 Å². The molecule has 0 bridgehead atoms. The lowest BCUT2D eigenvalue weighted by molar-refractivity contribution is -0.105. The fraction of sp³-hybridized carbons (Fsp3) is 0.417. The van der Waals surface area contributed by atoms with Crippen LogP contribution < -0.4 is 5.32 Å². The van der Waals surface area contributed by atoms with Gasteiger partial charge in [-0.2, -0.15) is 0 Å². The zero-order valence-electron chi connectivity index (χ0n) is 10.5. The van der Waals surface area contributed by atoms with Crippen molar-refractivity contribution in [3.63, 3.8) is 0 Å². The monoisotopic (exact) mass is 303 g/mol. The van der Waals surface area contributed by atoms with Crippen LogP contribution in [0.5, 0.6) is 0 Å². The van der Waals surface area contributed by atoms with Crippen LogP contribution in [-0.4, -0.2) is 44.4 Å². The number of rotatable bonds is 5. The van der Waals surface area contributed by atoms with Crippen molar-refractivity contribution in [3.05, 3.63) is 28.2 Å². The molecule has 1 aromatic carbocycles. The van der Waals surface area contributed by atoms with Crippen LogP contribution in [0, 0.1) is 0 Å². The summed E-state index contributed by atoms with van der Waals surface area (Å²) in [7, 11) is 1.63. The molecule has 104 valence electrons.